The lowest BCUT2D eigenvalue weighted by molar-refractivity contribution is 1.05. The Kier molecular flexibility index (Phi) is 2.22. The van der Waals surface area contributed by atoms with Gasteiger partial charge in [0.25, 0.3) is 0 Å². The van der Waals surface area contributed by atoms with Crippen molar-refractivity contribution in [3.8, 4) is 0 Å². The van der Waals surface area contributed by atoms with Gasteiger partial charge in [-0.05, 0) is 29.7 Å². The largest absolute Gasteiger partial charge is 0.179 e. The fourth-order valence-corrected chi connectivity index (χ4v) is 1.94. The molecule has 1 aromatic rings. The second kappa shape index (κ2) is 3.36. The van der Waals surface area contributed by atoms with E-state index in [-0.39, 0.29) is 0 Å². The normalized spacial score (nSPS) is 14.2. The molecule has 1 aliphatic rings. The molecular formula is C11H12S. The summed E-state index contributed by atoms with van der Waals surface area (Å²) < 4.78 is 0. The van der Waals surface area contributed by atoms with Gasteiger partial charge in [-0.15, -0.1) is 0 Å². The van der Waals surface area contributed by atoms with E-state index >= 15 is 0 Å². The number of rotatable bonds is 2. The van der Waals surface area contributed by atoms with Crippen molar-refractivity contribution in [3.63, 3.8) is 0 Å². The van der Waals surface area contributed by atoms with Gasteiger partial charge in [0.05, 0.1) is 0 Å². The molecule has 0 unspecified atom stereocenters. The van der Waals surface area contributed by atoms with E-state index in [9.17, 15) is 0 Å². The highest BCUT2D eigenvalue weighted by atomic mass is 32.1. The van der Waals surface area contributed by atoms with Crippen LogP contribution in [0, 0.1) is 0 Å². The third kappa shape index (κ3) is 1.42. The van der Waals surface area contributed by atoms with Crippen molar-refractivity contribution in [3.05, 3.63) is 41.0 Å². The number of allylic oxidation sites excluding steroid dienone is 1. The van der Waals surface area contributed by atoms with Crippen LogP contribution in [0.25, 0.3) is 6.08 Å². The first-order valence-corrected chi connectivity index (χ1v) is 4.91. The van der Waals surface area contributed by atoms with Crippen LogP contribution in [0.15, 0.2) is 29.8 Å². The van der Waals surface area contributed by atoms with Crippen LogP contribution in [0.3, 0.4) is 0 Å². The van der Waals surface area contributed by atoms with Crippen LogP contribution >= 0.6 is 12.6 Å². The number of fused-ring (bicyclic) bond motifs is 1. The van der Waals surface area contributed by atoms with E-state index in [0.29, 0.717) is 0 Å². The quantitative estimate of drug-likeness (QED) is 0.658. The van der Waals surface area contributed by atoms with E-state index < -0.39 is 0 Å². The molecule has 0 radical (unpaired) electrons. The fraction of sp³-hybridized carbons (Fsp3) is 0.273. The molecule has 0 fully saturated rings. The maximum Gasteiger partial charge on any atom is -0.00575 e. The average Bonchev–Trinajstić information content (AvgIpc) is 2.47. The molecule has 0 amide bonds. The molecule has 0 bridgehead atoms. The summed E-state index contributed by atoms with van der Waals surface area (Å²) in [5.74, 6) is 0.958. The Morgan fingerprint density at radius 3 is 2.83 bits per heavy atom. The number of hydrogen-bond donors (Lipinski definition) is 1. The molecule has 0 saturated carbocycles. The molecule has 1 aliphatic carbocycles. The first-order chi connectivity index (χ1) is 5.90. The third-order valence-corrected chi connectivity index (χ3v) is 2.49. The Labute approximate surface area is 78.7 Å². The zero-order valence-corrected chi connectivity index (χ0v) is 7.85. The molecule has 1 aromatic carbocycles. The molecule has 0 saturated heterocycles. The second-order valence-corrected chi connectivity index (χ2v) is 3.60. The highest BCUT2D eigenvalue weighted by molar-refractivity contribution is 7.80. The minimum Gasteiger partial charge on any atom is -0.179 e. The number of hydrogen-bond acceptors (Lipinski definition) is 1. The van der Waals surface area contributed by atoms with Crippen molar-refractivity contribution >= 4 is 18.7 Å². The van der Waals surface area contributed by atoms with Crippen molar-refractivity contribution < 1.29 is 0 Å². The molecule has 2 rings (SSSR count). The fourth-order valence-electron chi connectivity index (χ4n) is 1.66. The summed E-state index contributed by atoms with van der Waals surface area (Å²) in [7, 11) is 0. The smallest absolute Gasteiger partial charge is 0.00575 e. The molecule has 0 aromatic heterocycles. The van der Waals surface area contributed by atoms with E-state index in [0.717, 1.165) is 18.6 Å². The monoisotopic (exact) mass is 176 g/mol. The Hall–Kier alpha value is -0.690. The predicted molar refractivity (Wildman–Crippen MR) is 56.6 cm³/mol. The van der Waals surface area contributed by atoms with Gasteiger partial charge in [-0.2, -0.15) is 12.6 Å². The first-order valence-electron chi connectivity index (χ1n) is 4.28. The predicted octanol–water partition coefficient (Wildman–Crippen LogP) is 2.95. The van der Waals surface area contributed by atoms with Crippen LogP contribution < -0.4 is 0 Å². The molecule has 0 spiro atoms. The van der Waals surface area contributed by atoms with Gasteiger partial charge >= 0.3 is 0 Å². The minimum absolute atomic E-state index is 0.958. The van der Waals surface area contributed by atoms with E-state index in [1.54, 1.807) is 0 Å². The Bertz CT molecular complexity index is 313. The zero-order chi connectivity index (χ0) is 8.39. The maximum atomic E-state index is 4.23. The first kappa shape index (κ1) is 7.93. The van der Waals surface area contributed by atoms with Gasteiger partial charge in [0.15, 0.2) is 0 Å². The molecule has 62 valence electrons. The summed E-state index contributed by atoms with van der Waals surface area (Å²) in [5, 5.41) is 0. The summed E-state index contributed by atoms with van der Waals surface area (Å²) in [5.41, 5.74) is 4.38. The van der Waals surface area contributed by atoms with Gasteiger partial charge < -0.3 is 0 Å². The summed E-state index contributed by atoms with van der Waals surface area (Å²) in [4.78, 5) is 0. The van der Waals surface area contributed by atoms with Crippen LogP contribution in [-0.2, 0) is 6.42 Å². The molecule has 0 nitrogen and oxygen atoms in total. The highest BCUT2D eigenvalue weighted by Gasteiger charge is 2.09. The highest BCUT2D eigenvalue weighted by Crippen LogP contribution is 2.26. The van der Waals surface area contributed by atoms with Crippen molar-refractivity contribution in [2.45, 2.75) is 12.8 Å². The molecule has 0 heterocycles. The zero-order valence-electron chi connectivity index (χ0n) is 6.96. The van der Waals surface area contributed by atoms with Gasteiger partial charge in [-0.3, -0.25) is 0 Å². The van der Waals surface area contributed by atoms with E-state index in [1.807, 2.05) is 0 Å². The Morgan fingerprint density at radius 1 is 1.25 bits per heavy atom. The summed E-state index contributed by atoms with van der Waals surface area (Å²) >= 11 is 4.23. The van der Waals surface area contributed by atoms with E-state index in [1.165, 1.54) is 16.7 Å². The number of thiol groups is 1. The number of benzene rings is 1. The molecule has 0 atom stereocenters. The summed E-state index contributed by atoms with van der Waals surface area (Å²) in [6.45, 7) is 0. The van der Waals surface area contributed by atoms with Crippen LogP contribution in [0.5, 0.6) is 0 Å². The standard InChI is InChI=1S/C11H12S/c12-6-5-9-7-10-3-1-2-4-11(10)8-9/h1-4,7,12H,5-6,8H2. The third-order valence-electron chi connectivity index (χ3n) is 2.27. The Balaban J connectivity index is 2.23. The van der Waals surface area contributed by atoms with Crippen LogP contribution in [0.1, 0.15) is 17.5 Å². The average molecular weight is 176 g/mol. The van der Waals surface area contributed by atoms with Crippen molar-refractivity contribution in [1.29, 1.82) is 0 Å². The second-order valence-electron chi connectivity index (χ2n) is 3.15. The van der Waals surface area contributed by atoms with Gasteiger partial charge in [-0.1, -0.05) is 35.9 Å². The van der Waals surface area contributed by atoms with Gasteiger partial charge in [0.2, 0.25) is 0 Å². The maximum absolute atomic E-state index is 4.23. The van der Waals surface area contributed by atoms with Gasteiger partial charge in [0.1, 0.15) is 0 Å². The van der Waals surface area contributed by atoms with Crippen molar-refractivity contribution in [2.24, 2.45) is 0 Å². The SMILES string of the molecule is SCCC1=Cc2ccccc2C1. The van der Waals surface area contributed by atoms with Crippen LogP contribution in [0.2, 0.25) is 0 Å². The minimum atomic E-state index is 0.958. The summed E-state index contributed by atoms with van der Waals surface area (Å²) in [6.07, 6.45) is 4.56. The molecule has 1 heteroatoms. The molecule has 0 N–H and O–H groups in total. The molecule has 0 aliphatic heterocycles. The van der Waals surface area contributed by atoms with Crippen LogP contribution in [0.4, 0.5) is 0 Å². The lowest BCUT2D eigenvalue weighted by atomic mass is 10.1. The lowest BCUT2D eigenvalue weighted by Crippen LogP contribution is -1.85. The topological polar surface area (TPSA) is 0 Å². The van der Waals surface area contributed by atoms with Crippen LogP contribution in [-0.4, -0.2) is 5.75 Å². The van der Waals surface area contributed by atoms with Crippen molar-refractivity contribution in [1.82, 2.24) is 0 Å². The van der Waals surface area contributed by atoms with Crippen molar-refractivity contribution in [2.75, 3.05) is 5.75 Å². The lowest BCUT2D eigenvalue weighted by Gasteiger charge is -1.97. The summed E-state index contributed by atoms with van der Waals surface area (Å²) in [6, 6.07) is 8.59. The molecular weight excluding hydrogens is 164 g/mol. The van der Waals surface area contributed by atoms with Gasteiger partial charge in [-0.25, -0.2) is 0 Å². The van der Waals surface area contributed by atoms with E-state index in [2.05, 4.69) is 43.0 Å². The molecule has 12 heavy (non-hydrogen) atoms. The van der Waals surface area contributed by atoms with E-state index in [4.69, 9.17) is 0 Å². The Morgan fingerprint density at radius 2 is 2.08 bits per heavy atom. The van der Waals surface area contributed by atoms with Gasteiger partial charge in [0, 0.05) is 0 Å².